The summed E-state index contributed by atoms with van der Waals surface area (Å²) in [6.45, 7) is 2.71. The van der Waals surface area contributed by atoms with Crippen LogP contribution in [-0.2, 0) is 23.7 Å². The van der Waals surface area contributed by atoms with E-state index in [1.54, 1.807) is 6.20 Å². The van der Waals surface area contributed by atoms with Gasteiger partial charge in [-0.15, -0.1) is 0 Å². The Morgan fingerprint density at radius 2 is 2.26 bits per heavy atom. The maximum Gasteiger partial charge on any atom is 0.280 e. The van der Waals surface area contributed by atoms with Crippen LogP contribution in [0, 0.1) is 6.92 Å². The highest BCUT2D eigenvalue weighted by atomic mass is 32.2. The Morgan fingerprint density at radius 1 is 1.43 bits per heavy atom. The molecule has 1 aliphatic heterocycles. The van der Waals surface area contributed by atoms with E-state index in [1.807, 2.05) is 36.9 Å². The molecule has 0 saturated carbocycles. The first-order chi connectivity index (χ1) is 11.0. The Morgan fingerprint density at radius 3 is 2.91 bits per heavy atom. The van der Waals surface area contributed by atoms with Crippen LogP contribution >= 0.6 is 0 Å². The summed E-state index contributed by atoms with van der Waals surface area (Å²) in [5.74, 6) is 2.37. The lowest BCUT2D eigenvalue weighted by molar-refractivity contribution is 0.330. The maximum atomic E-state index is 12.6. The molecular formula is C15H22N4O3S. The molecule has 1 fully saturated rings. The van der Waals surface area contributed by atoms with E-state index >= 15 is 0 Å². The van der Waals surface area contributed by atoms with Crippen molar-refractivity contribution in [2.45, 2.75) is 32.2 Å². The highest BCUT2D eigenvalue weighted by molar-refractivity contribution is 7.87. The van der Waals surface area contributed by atoms with Crippen LogP contribution in [0.25, 0.3) is 0 Å². The highest BCUT2D eigenvalue weighted by Crippen LogP contribution is 2.34. The maximum absolute atomic E-state index is 12.6. The number of hydrogen-bond acceptors (Lipinski definition) is 4. The van der Waals surface area contributed by atoms with Crippen molar-refractivity contribution in [3.63, 3.8) is 0 Å². The summed E-state index contributed by atoms with van der Waals surface area (Å²) in [7, 11) is -1.63. The topological polar surface area (TPSA) is 80.4 Å². The van der Waals surface area contributed by atoms with E-state index in [0.717, 1.165) is 30.2 Å². The zero-order valence-corrected chi connectivity index (χ0v) is 14.2. The molecule has 23 heavy (non-hydrogen) atoms. The van der Waals surface area contributed by atoms with Crippen molar-refractivity contribution in [3.8, 4) is 0 Å². The molecule has 0 bridgehead atoms. The van der Waals surface area contributed by atoms with Gasteiger partial charge >= 0.3 is 0 Å². The molecule has 0 aliphatic carbocycles. The second-order valence-corrected chi connectivity index (χ2v) is 7.53. The number of nitrogens with zero attached hydrogens (tertiary/aromatic N) is 3. The molecule has 2 aromatic heterocycles. The van der Waals surface area contributed by atoms with Gasteiger partial charge in [0.1, 0.15) is 17.3 Å². The molecule has 3 heterocycles. The Bertz CT molecular complexity index is 765. The number of nitrogens with one attached hydrogen (secondary N) is 1. The van der Waals surface area contributed by atoms with Crippen LogP contribution < -0.4 is 4.72 Å². The first kappa shape index (κ1) is 16.2. The quantitative estimate of drug-likeness (QED) is 0.866. The summed E-state index contributed by atoms with van der Waals surface area (Å²) >= 11 is 0. The zero-order chi connectivity index (χ0) is 16.4. The highest BCUT2D eigenvalue weighted by Gasteiger charge is 2.36. The van der Waals surface area contributed by atoms with E-state index in [9.17, 15) is 8.42 Å². The van der Waals surface area contributed by atoms with Crippen LogP contribution in [0.3, 0.4) is 0 Å². The first-order valence-electron chi connectivity index (χ1n) is 7.76. The van der Waals surface area contributed by atoms with Crippen molar-refractivity contribution >= 4 is 10.2 Å². The Kier molecular flexibility index (Phi) is 4.56. The second-order valence-electron chi connectivity index (χ2n) is 5.82. The minimum absolute atomic E-state index is 0.214. The normalized spacial score (nSPS) is 19.5. The third-order valence-corrected chi connectivity index (χ3v) is 5.78. The van der Waals surface area contributed by atoms with Gasteiger partial charge in [0.05, 0.1) is 6.04 Å². The average Bonchev–Trinajstić information content (AvgIpc) is 3.20. The largest absolute Gasteiger partial charge is 0.465 e. The third-order valence-electron chi connectivity index (χ3n) is 4.16. The van der Waals surface area contributed by atoms with Crippen LogP contribution in [0.2, 0.25) is 0 Å². The molecule has 126 valence electrons. The van der Waals surface area contributed by atoms with E-state index in [4.69, 9.17) is 4.42 Å². The number of furan rings is 1. The van der Waals surface area contributed by atoms with Gasteiger partial charge in [-0.3, -0.25) is 0 Å². The molecule has 1 aliphatic rings. The van der Waals surface area contributed by atoms with Crippen molar-refractivity contribution in [1.82, 2.24) is 18.6 Å². The first-order valence-corrected chi connectivity index (χ1v) is 9.20. The Balaban J connectivity index is 1.65. The summed E-state index contributed by atoms with van der Waals surface area (Å²) in [6, 6.07) is 3.52. The number of aryl methyl sites for hydroxylation is 2. The van der Waals surface area contributed by atoms with Crippen molar-refractivity contribution in [2.24, 2.45) is 7.05 Å². The van der Waals surface area contributed by atoms with Gasteiger partial charge in [-0.2, -0.15) is 12.7 Å². The van der Waals surface area contributed by atoms with E-state index in [0.29, 0.717) is 19.5 Å². The van der Waals surface area contributed by atoms with Gasteiger partial charge in [-0.25, -0.2) is 9.71 Å². The van der Waals surface area contributed by atoms with E-state index < -0.39 is 10.2 Å². The summed E-state index contributed by atoms with van der Waals surface area (Å²) in [6.07, 6.45) is 5.73. The number of hydrogen-bond donors (Lipinski definition) is 1. The van der Waals surface area contributed by atoms with Gasteiger partial charge in [-0.05, 0) is 31.9 Å². The summed E-state index contributed by atoms with van der Waals surface area (Å²) in [5.41, 5.74) is 0. The fourth-order valence-electron chi connectivity index (χ4n) is 2.96. The predicted molar refractivity (Wildman–Crippen MR) is 86.0 cm³/mol. The Labute approximate surface area is 136 Å². The molecular weight excluding hydrogens is 316 g/mol. The van der Waals surface area contributed by atoms with Crippen molar-refractivity contribution in [1.29, 1.82) is 0 Å². The SMILES string of the molecule is Cc1ccc([C@H]2CCCN2S(=O)(=O)NCCc2nccn2C)o1. The lowest BCUT2D eigenvalue weighted by Crippen LogP contribution is -2.41. The minimum atomic E-state index is -3.53. The average molecular weight is 338 g/mol. The van der Waals surface area contributed by atoms with Gasteiger partial charge in [-0.1, -0.05) is 0 Å². The van der Waals surface area contributed by atoms with Crippen molar-refractivity contribution in [2.75, 3.05) is 13.1 Å². The standard InChI is InChI=1S/C15H22N4O3S/c1-12-5-6-14(22-12)13-4-3-10-19(13)23(20,21)17-8-7-15-16-9-11-18(15)2/h5-6,9,11,13,17H,3-4,7-8,10H2,1-2H3/t13-/m1/s1. The molecule has 1 N–H and O–H groups in total. The molecule has 8 heteroatoms. The van der Waals surface area contributed by atoms with Crippen LogP contribution in [0.1, 0.15) is 36.2 Å². The molecule has 0 radical (unpaired) electrons. The number of aromatic nitrogens is 2. The third kappa shape index (κ3) is 3.49. The second kappa shape index (κ2) is 6.46. The van der Waals surface area contributed by atoms with Crippen molar-refractivity contribution in [3.05, 3.63) is 41.9 Å². The van der Waals surface area contributed by atoms with E-state index in [-0.39, 0.29) is 6.04 Å². The summed E-state index contributed by atoms with van der Waals surface area (Å²) < 4.78 is 36.9. The van der Waals surface area contributed by atoms with Crippen LogP contribution in [0.5, 0.6) is 0 Å². The van der Waals surface area contributed by atoms with Crippen LogP contribution in [-0.4, -0.2) is 35.4 Å². The lowest BCUT2D eigenvalue weighted by Gasteiger charge is -2.22. The van der Waals surface area contributed by atoms with Gasteiger partial charge in [0.25, 0.3) is 10.2 Å². The molecule has 0 unspecified atom stereocenters. The number of rotatable bonds is 6. The fraction of sp³-hybridized carbons (Fsp3) is 0.533. The molecule has 0 spiro atoms. The summed E-state index contributed by atoms with van der Waals surface area (Å²) in [5, 5.41) is 0. The van der Waals surface area contributed by atoms with Crippen LogP contribution in [0.15, 0.2) is 28.9 Å². The smallest absolute Gasteiger partial charge is 0.280 e. The van der Waals surface area contributed by atoms with Gasteiger partial charge in [0.15, 0.2) is 0 Å². The van der Waals surface area contributed by atoms with E-state index in [2.05, 4.69) is 9.71 Å². The molecule has 0 aromatic carbocycles. The van der Waals surface area contributed by atoms with Crippen LogP contribution in [0.4, 0.5) is 0 Å². The molecule has 3 rings (SSSR count). The molecule has 2 aromatic rings. The molecule has 0 amide bonds. The fourth-order valence-corrected chi connectivity index (χ4v) is 4.40. The predicted octanol–water partition coefficient (Wildman–Crippen LogP) is 1.54. The monoisotopic (exact) mass is 338 g/mol. The van der Waals surface area contributed by atoms with Crippen molar-refractivity contribution < 1.29 is 12.8 Å². The summed E-state index contributed by atoms with van der Waals surface area (Å²) in [4.78, 5) is 4.20. The molecule has 1 atom stereocenters. The molecule has 1 saturated heterocycles. The number of imidazole rings is 1. The van der Waals surface area contributed by atoms with Gasteiger partial charge in [0.2, 0.25) is 0 Å². The lowest BCUT2D eigenvalue weighted by atomic mass is 10.2. The molecule has 7 nitrogen and oxygen atoms in total. The van der Waals surface area contributed by atoms with E-state index in [1.165, 1.54) is 4.31 Å². The van der Waals surface area contributed by atoms with Gasteiger partial charge in [0, 0.05) is 39.0 Å². The van der Waals surface area contributed by atoms with Gasteiger partial charge < -0.3 is 8.98 Å². The Hall–Kier alpha value is -1.64. The minimum Gasteiger partial charge on any atom is -0.465 e. The zero-order valence-electron chi connectivity index (χ0n) is 13.4.